The second kappa shape index (κ2) is 7.49. The molecule has 0 aliphatic heterocycles. The fraction of sp³-hybridized carbons (Fsp3) is 0.278. The molecular formula is C18H20O2. The van der Waals surface area contributed by atoms with Gasteiger partial charge < -0.3 is 4.74 Å². The van der Waals surface area contributed by atoms with Crippen molar-refractivity contribution >= 4 is 5.97 Å². The fourth-order valence-electron chi connectivity index (χ4n) is 2.30. The predicted molar refractivity (Wildman–Crippen MR) is 80.6 cm³/mol. The van der Waals surface area contributed by atoms with Gasteiger partial charge in [-0.1, -0.05) is 60.7 Å². The number of rotatable bonds is 6. The first-order chi connectivity index (χ1) is 9.81. The SMILES string of the molecule is CCOC(=O)[C@H](CCc1ccccc1)c1ccccc1. The molecule has 0 amide bonds. The van der Waals surface area contributed by atoms with Crippen molar-refractivity contribution in [3.63, 3.8) is 0 Å². The third-order valence-electron chi connectivity index (χ3n) is 3.34. The summed E-state index contributed by atoms with van der Waals surface area (Å²) in [5.74, 6) is -0.314. The lowest BCUT2D eigenvalue weighted by Gasteiger charge is -2.16. The molecule has 1 atom stereocenters. The summed E-state index contributed by atoms with van der Waals surface area (Å²) in [7, 11) is 0. The van der Waals surface area contributed by atoms with Gasteiger partial charge in [0.25, 0.3) is 0 Å². The molecule has 0 fully saturated rings. The van der Waals surface area contributed by atoms with E-state index in [0.29, 0.717) is 6.61 Å². The van der Waals surface area contributed by atoms with Crippen LogP contribution in [0.4, 0.5) is 0 Å². The Hall–Kier alpha value is -2.09. The van der Waals surface area contributed by atoms with Crippen molar-refractivity contribution in [2.45, 2.75) is 25.7 Å². The van der Waals surface area contributed by atoms with Crippen molar-refractivity contribution in [2.24, 2.45) is 0 Å². The van der Waals surface area contributed by atoms with E-state index in [1.807, 2.05) is 55.5 Å². The van der Waals surface area contributed by atoms with Crippen molar-refractivity contribution in [2.75, 3.05) is 6.61 Å². The highest BCUT2D eigenvalue weighted by Gasteiger charge is 2.21. The Balaban J connectivity index is 2.09. The lowest BCUT2D eigenvalue weighted by Crippen LogP contribution is -2.16. The maximum absolute atomic E-state index is 12.1. The molecule has 2 rings (SSSR count). The highest BCUT2D eigenvalue weighted by Crippen LogP contribution is 2.23. The summed E-state index contributed by atoms with van der Waals surface area (Å²) in [5, 5.41) is 0. The fourth-order valence-corrected chi connectivity index (χ4v) is 2.30. The normalized spacial score (nSPS) is 11.8. The topological polar surface area (TPSA) is 26.3 Å². The minimum atomic E-state index is -0.184. The Labute approximate surface area is 120 Å². The van der Waals surface area contributed by atoms with Gasteiger partial charge in [-0.25, -0.2) is 0 Å². The van der Waals surface area contributed by atoms with Gasteiger partial charge in [0.05, 0.1) is 12.5 Å². The van der Waals surface area contributed by atoms with Gasteiger partial charge in [0, 0.05) is 0 Å². The van der Waals surface area contributed by atoms with E-state index in [2.05, 4.69) is 12.1 Å². The summed E-state index contributed by atoms with van der Waals surface area (Å²) in [6, 6.07) is 20.1. The van der Waals surface area contributed by atoms with Crippen molar-refractivity contribution < 1.29 is 9.53 Å². The van der Waals surface area contributed by atoms with Gasteiger partial charge >= 0.3 is 5.97 Å². The van der Waals surface area contributed by atoms with Crippen LogP contribution in [0, 0.1) is 0 Å². The Morgan fingerprint density at radius 3 is 2.20 bits per heavy atom. The first-order valence-electron chi connectivity index (χ1n) is 7.06. The first-order valence-corrected chi connectivity index (χ1v) is 7.06. The molecule has 2 aromatic carbocycles. The molecule has 2 aromatic rings. The summed E-state index contributed by atoms with van der Waals surface area (Å²) in [5.41, 5.74) is 2.28. The Bertz CT molecular complexity index is 520. The maximum Gasteiger partial charge on any atom is 0.313 e. The zero-order valence-electron chi connectivity index (χ0n) is 11.8. The molecule has 0 aromatic heterocycles. The summed E-state index contributed by atoms with van der Waals surface area (Å²) in [4.78, 5) is 12.1. The van der Waals surface area contributed by atoms with Crippen LogP contribution in [0.5, 0.6) is 0 Å². The Kier molecular flexibility index (Phi) is 5.36. The molecule has 0 N–H and O–H groups in total. The quantitative estimate of drug-likeness (QED) is 0.741. The van der Waals surface area contributed by atoms with Gasteiger partial charge in [0.15, 0.2) is 0 Å². The van der Waals surface area contributed by atoms with Crippen LogP contribution in [0.15, 0.2) is 60.7 Å². The lowest BCUT2D eigenvalue weighted by molar-refractivity contribution is -0.145. The Morgan fingerprint density at radius 1 is 1.00 bits per heavy atom. The number of esters is 1. The second-order valence-corrected chi connectivity index (χ2v) is 4.74. The van der Waals surface area contributed by atoms with Crippen LogP contribution in [0.1, 0.15) is 30.4 Å². The average molecular weight is 268 g/mol. The zero-order valence-corrected chi connectivity index (χ0v) is 11.8. The van der Waals surface area contributed by atoms with E-state index < -0.39 is 0 Å². The molecule has 2 heteroatoms. The van der Waals surface area contributed by atoms with E-state index in [0.717, 1.165) is 18.4 Å². The van der Waals surface area contributed by atoms with Gasteiger partial charge in [-0.05, 0) is 30.9 Å². The highest BCUT2D eigenvalue weighted by atomic mass is 16.5. The van der Waals surface area contributed by atoms with E-state index in [1.165, 1.54) is 5.56 Å². The molecule has 0 bridgehead atoms. The third-order valence-corrected chi connectivity index (χ3v) is 3.34. The highest BCUT2D eigenvalue weighted by molar-refractivity contribution is 5.78. The first kappa shape index (κ1) is 14.3. The van der Waals surface area contributed by atoms with Crippen molar-refractivity contribution in [3.05, 3.63) is 71.8 Å². The molecule has 0 aliphatic rings. The molecule has 0 saturated carbocycles. The molecule has 0 spiro atoms. The largest absolute Gasteiger partial charge is 0.466 e. The number of carbonyl (C=O) groups is 1. The summed E-state index contributed by atoms with van der Waals surface area (Å²) in [6.07, 6.45) is 1.64. The van der Waals surface area contributed by atoms with Crippen molar-refractivity contribution in [1.29, 1.82) is 0 Å². The molecule has 0 radical (unpaired) electrons. The number of hydrogen-bond donors (Lipinski definition) is 0. The standard InChI is InChI=1S/C18H20O2/c1-2-20-18(19)17(16-11-7-4-8-12-16)14-13-15-9-5-3-6-10-15/h3-12,17H,2,13-14H2,1H3/t17-/m1/s1. The molecule has 0 heterocycles. The van der Waals surface area contributed by atoms with Crippen LogP contribution >= 0.6 is 0 Å². The lowest BCUT2D eigenvalue weighted by atomic mass is 9.92. The zero-order chi connectivity index (χ0) is 14.2. The van der Waals surface area contributed by atoms with E-state index in [9.17, 15) is 4.79 Å². The number of carbonyl (C=O) groups excluding carboxylic acids is 1. The van der Waals surface area contributed by atoms with E-state index in [1.54, 1.807) is 0 Å². The van der Waals surface area contributed by atoms with Crippen LogP contribution in [-0.2, 0) is 16.0 Å². The molecule has 20 heavy (non-hydrogen) atoms. The summed E-state index contributed by atoms with van der Waals surface area (Å²) >= 11 is 0. The second-order valence-electron chi connectivity index (χ2n) is 4.74. The van der Waals surface area contributed by atoms with Gasteiger partial charge in [0.2, 0.25) is 0 Å². The number of ether oxygens (including phenoxy) is 1. The molecule has 0 saturated heterocycles. The number of aryl methyl sites for hydroxylation is 1. The molecule has 0 aliphatic carbocycles. The number of benzene rings is 2. The maximum atomic E-state index is 12.1. The van der Waals surface area contributed by atoms with Gasteiger partial charge in [-0.15, -0.1) is 0 Å². The van der Waals surface area contributed by atoms with Crippen LogP contribution in [0.25, 0.3) is 0 Å². The van der Waals surface area contributed by atoms with Crippen molar-refractivity contribution in [3.8, 4) is 0 Å². The minimum absolute atomic E-state index is 0.130. The van der Waals surface area contributed by atoms with Crippen molar-refractivity contribution in [1.82, 2.24) is 0 Å². The van der Waals surface area contributed by atoms with Gasteiger partial charge in [-0.3, -0.25) is 4.79 Å². The van der Waals surface area contributed by atoms with Gasteiger partial charge in [0.1, 0.15) is 0 Å². The molecule has 104 valence electrons. The smallest absolute Gasteiger partial charge is 0.313 e. The van der Waals surface area contributed by atoms with E-state index in [-0.39, 0.29) is 11.9 Å². The van der Waals surface area contributed by atoms with E-state index in [4.69, 9.17) is 4.74 Å². The number of hydrogen-bond acceptors (Lipinski definition) is 2. The molecular weight excluding hydrogens is 248 g/mol. The third kappa shape index (κ3) is 3.95. The minimum Gasteiger partial charge on any atom is -0.466 e. The van der Waals surface area contributed by atoms with E-state index >= 15 is 0 Å². The van der Waals surface area contributed by atoms with Crippen LogP contribution < -0.4 is 0 Å². The average Bonchev–Trinajstić information content (AvgIpc) is 2.50. The Morgan fingerprint density at radius 2 is 1.60 bits per heavy atom. The molecule has 2 nitrogen and oxygen atoms in total. The summed E-state index contributed by atoms with van der Waals surface area (Å²) in [6.45, 7) is 2.27. The van der Waals surface area contributed by atoms with Crippen LogP contribution in [0.3, 0.4) is 0 Å². The van der Waals surface area contributed by atoms with Crippen LogP contribution in [-0.4, -0.2) is 12.6 Å². The summed E-state index contributed by atoms with van der Waals surface area (Å²) < 4.78 is 5.21. The monoisotopic (exact) mass is 268 g/mol. The van der Waals surface area contributed by atoms with Gasteiger partial charge in [-0.2, -0.15) is 0 Å². The van der Waals surface area contributed by atoms with Crippen LogP contribution in [0.2, 0.25) is 0 Å². The molecule has 0 unspecified atom stereocenters. The predicted octanol–water partition coefficient (Wildman–Crippen LogP) is 3.97.